The Balaban J connectivity index is 1.77. The number of thioether (sulfide) groups is 1. The summed E-state index contributed by atoms with van der Waals surface area (Å²) >= 11 is 1.13. The number of furan rings is 1. The molecule has 0 spiro atoms. The molecule has 1 aromatic heterocycles. The lowest BCUT2D eigenvalue weighted by Crippen LogP contribution is -2.38. The van der Waals surface area contributed by atoms with Crippen LogP contribution < -0.4 is 5.73 Å². The van der Waals surface area contributed by atoms with Crippen molar-refractivity contribution < 1.29 is 23.5 Å². The maximum atomic E-state index is 12.6. The fourth-order valence-electron chi connectivity index (χ4n) is 3.52. The number of benzene rings is 1. The fourth-order valence-corrected chi connectivity index (χ4v) is 4.44. The standard InChI is InChI=1S/C22H18N4O5S/c1-11-17(21(28)30-3)18(26-19(24)16(10-23)32-22(26)25-11)15-9-8-14(31-15)12-4-6-13(7-5-12)20(27)29-2/h4-9,18H,24H2,1-3H3/t18-/m0/s1. The van der Waals surface area contributed by atoms with Gasteiger partial charge in [0, 0.05) is 5.56 Å². The molecule has 0 unspecified atom stereocenters. The summed E-state index contributed by atoms with van der Waals surface area (Å²) in [5, 5.41) is 9.89. The largest absolute Gasteiger partial charge is 0.466 e. The number of hydrogen-bond acceptors (Lipinski definition) is 10. The van der Waals surface area contributed by atoms with Crippen LogP contribution in [0.25, 0.3) is 11.3 Å². The maximum absolute atomic E-state index is 12.6. The second-order valence-electron chi connectivity index (χ2n) is 6.86. The molecule has 0 bridgehead atoms. The van der Waals surface area contributed by atoms with E-state index in [1.54, 1.807) is 48.2 Å². The first-order valence-electron chi connectivity index (χ1n) is 9.42. The second kappa shape index (κ2) is 8.28. The Morgan fingerprint density at radius 1 is 1.16 bits per heavy atom. The van der Waals surface area contributed by atoms with E-state index in [0.29, 0.717) is 27.9 Å². The Labute approximate surface area is 187 Å². The summed E-state index contributed by atoms with van der Waals surface area (Å²) in [6.45, 7) is 1.69. The summed E-state index contributed by atoms with van der Waals surface area (Å²) < 4.78 is 15.8. The van der Waals surface area contributed by atoms with Crippen LogP contribution in [0.2, 0.25) is 0 Å². The molecule has 162 valence electrons. The number of nitrogens with two attached hydrogens (primary N) is 1. The molecule has 10 heteroatoms. The molecule has 4 rings (SSSR count). The molecule has 2 aliphatic rings. The molecule has 1 aromatic carbocycles. The zero-order valence-corrected chi connectivity index (χ0v) is 18.2. The van der Waals surface area contributed by atoms with E-state index in [-0.39, 0.29) is 16.3 Å². The van der Waals surface area contributed by atoms with Crippen LogP contribution in [-0.4, -0.2) is 36.2 Å². The third-order valence-electron chi connectivity index (χ3n) is 5.07. The molecule has 1 atom stereocenters. The van der Waals surface area contributed by atoms with Gasteiger partial charge < -0.3 is 19.6 Å². The van der Waals surface area contributed by atoms with Crippen molar-refractivity contribution in [2.45, 2.75) is 13.0 Å². The minimum atomic E-state index is -0.753. The van der Waals surface area contributed by atoms with Crippen LogP contribution in [0.1, 0.15) is 29.1 Å². The van der Waals surface area contributed by atoms with Gasteiger partial charge in [-0.2, -0.15) is 5.26 Å². The Morgan fingerprint density at radius 2 is 1.84 bits per heavy atom. The molecule has 2 aliphatic heterocycles. The number of rotatable bonds is 4. The minimum Gasteiger partial charge on any atom is -0.466 e. The quantitative estimate of drug-likeness (QED) is 0.697. The van der Waals surface area contributed by atoms with Crippen molar-refractivity contribution in [2.24, 2.45) is 10.7 Å². The fraction of sp³-hybridized carbons (Fsp3) is 0.182. The van der Waals surface area contributed by atoms with Crippen molar-refractivity contribution in [1.82, 2.24) is 4.90 Å². The molecule has 0 fully saturated rings. The van der Waals surface area contributed by atoms with E-state index in [1.807, 2.05) is 0 Å². The molecule has 0 amide bonds. The van der Waals surface area contributed by atoms with Gasteiger partial charge in [-0.3, -0.25) is 4.90 Å². The van der Waals surface area contributed by atoms with Gasteiger partial charge in [-0.05, 0) is 43.0 Å². The van der Waals surface area contributed by atoms with Gasteiger partial charge in [0.15, 0.2) is 5.17 Å². The average Bonchev–Trinajstić information content (AvgIpc) is 3.42. The van der Waals surface area contributed by atoms with Crippen LogP contribution in [-0.2, 0) is 14.3 Å². The summed E-state index contributed by atoms with van der Waals surface area (Å²) in [7, 11) is 2.60. The van der Waals surface area contributed by atoms with E-state index >= 15 is 0 Å². The third-order valence-corrected chi connectivity index (χ3v) is 6.05. The molecular weight excluding hydrogens is 432 g/mol. The zero-order chi connectivity index (χ0) is 23.0. The number of aliphatic imine (C=N–C) groups is 1. The molecule has 0 radical (unpaired) electrons. The molecule has 32 heavy (non-hydrogen) atoms. The Morgan fingerprint density at radius 3 is 2.47 bits per heavy atom. The smallest absolute Gasteiger partial charge is 0.338 e. The van der Waals surface area contributed by atoms with Gasteiger partial charge in [-0.25, -0.2) is 14.6 Å². The molecule has 0 saturated carbocycles. The molecule has 2 aromatic rings. The summed E-state index contributed by atoms with van der Waals surface area (Å²) in [6.07, 6.45) is 0. The number of ether oxygens (including phenoxy) is 2. The maximum Gasteiger partial charge on any atom is 0.338 e. The minimum absolute atomic E-state index is 0.190. The van der Waals surface area contributed by atoms with E-state index in [0.717, 1.165) is 17.3 Å². The number of nitriles is 1. The number of esters is 2. The van der Waals surface area contributed by atoms with Gasteiger partial charge >= 0.3 is 11.9 Å². The topological polar surface area (TPSA) is 131 Å². The van der Waals surface area contributed by atoms with Crippen molar-refractivity contribution in [2.75, 3.05) is 14.2 Å². The van der Waals surface area contributed by atoms with Gasteiger partial charge in [0.2, 0.25) is 0 Å². The number of allylic oxidation sites excluding steroid dienone is 2. The van der Waals surface area contributed by atoms with Gasteiger partial charge in [0.25, 0.3) is 0 Å². The number of nitrogens with zero attached hydrogens (tertiary/aromatic N) is 3. The monoisotopic (exact) mass is 450 g/mol. The highest BCUT2D eigenvalue weighted by Crippen LogP contribution is 2.46. The zero-order valence-electron chi connectivity index (χ0n) is 17.4. The lowest BCUT2D eigenvalue weighted by atomic mass is 10.00. The summed E-state index contributed by atoms with van der Waals surface area (Å²) in [6, 6.07) is 11.5. The van der Waals surface area contributed by atoms with E-state index in [1.165, 1.54) is 14.2 Å². The molecule has 9 nitrogen and oxygen atoms in total. The number of hydrogen-bond donors (Lipinski definition) is 1. The van der Waals surface area contributed by atoms with Gasteiger partial charge in [0.05, 0.1) is 31.1 Å². The lowest BCUT2D eigenvalue weighted by Gasteiger charge is -2.33. The Bertz CT molecular complexity index is 1250. The number of fused-ring (bicyclic) bond motifs is 1. The number of carbonyl (C=O) groups excluding carboxylic acids is 2. The van der Waals surface area contributed by atoms with Crippen LogP contribution >= 0.6 is 11.8 Å². The highest BCUT2D eigenvalue weighted by Gasteiger charge is 2.44. The molecular formula is C22H18N4O5S. The van der Waals surface area contributed by atoms with Crippen molar-refractivity contribution in [3.63, 3.8) is 0 Å². The van der Waals surface area contributed by atoms with E-state index in [2.05, 4.69) is 11.1 Å². The first kappa shape index (κ1) is 21.3. The Kier molecular flexibility index (Phi) is 5.50. The molecule has 0 aliphatic carbocycles. The molecule has 3 heterocycles. The van der Waals surface area contributed by atoms with E-state index in [9.17, 15) is 14.9 Å². The van der Waals surface area contributed by atoms with Gasteiger partial charge in [-0.15, -0.1) is 0 Å². The number of methoxy groups -OCH3 is 2. The second-order valence-corrected chi connectivity index (χ2v) is 7.83. The van der Waals surface area contributed by atoms with E-state index < -0.39 is 18.0 Å². The van der Waals surface area contributed by atoms with Crippen molar-refractivity contribution in [3.8, 4) is 17.4 Å². The highest BCUT2D eigenvalue weighted by atomic mass is 32.2. The summed E-state index contributed by atoms with van der Waals surface area (Å²) in [5.41, 5.74) is 8.08. The van der Waals surface area contributed by atoms with E-state index in [4.69, 9.17) is 19.6 Å². The highest BCUT2D eigenvalue weighted by molar-refractivity contribution is 8.17. The van der Waals surface area contributed by atoms with Crippen LogP contribution in [0.5, 0.6) is 0 Å². The first-order valence-corrected chi connectivity index (χ1v) is 10.2. The van der Waals surface area contributed by atoms with Crippen LogP contribution in [0, 0.1) is 11.3 Å². The normalized spacial score (nSPS) is 17.6. The third kappa shape index (κ3) is 3.42. The van der Waals surface area contributed by atoms with Crippen molar-refractivity contribution in [3.05, 3.63) is 69.7 Å². The van der Waals surface area contributed by atoms with Crippen LogP contribution in [0.3, 0.4) is 0 Å². The predicted octanol–water partition coefficient (Wildman–Crippen LogP) is 3.29. The van der Waals surface area contributed by atoms with Crippen molar-refractivity contribution in [1.29, 1.82) is 5.26 Å². The first-order chi connectivity index (χ1) is 15.4. The Hall–Kier alpha value is -3.97. The lowest BCUT2D eigenvalue weighted by molar-refractivity contribution is -0.136. The van der Waals surface area contributed by atoms with Crippen LogP contribution in [0.15, 0.2) is 67.8 Å². The average molecular weight is 450 g/mol. The number of amidine groups is 1. The van der Waals surface area contributed by atoms with Crippen LogP contribution in [0.4, 0.5) is 0 Å². The summed E-state index contributed by atoms with van der Waals surface area (Å²) in [4.78, 5) is 30.6. The summed E-state index contributed by atoms with van der Waals surface area (Å²) in [5.74, 6) is 0.134. The van der Waals surface area contributed by atoms with Gasteiger partial charge in [0.1, 0.15) is 34.4 Å². The SMILES string of the molecule is COC(=O)C1=C(C)N=C2SC(C#N)=C(N)N2[C@H]1c1ccc(-c2ccc(C(=O)OC)cc2)o1. The molecule has 2 N–H and O–H groups in total. The van der Waals surface area contributed by atoms with Crippen molar-refractivity contribution >= 4 is 28.9 Å². The number of carbonyl (C=O) groups is 2. The predicted molar refractivity (Wildman–Crippen MR) is 117 cm³/mol. The van der Waals surface area contributed by atoms with Gasteiger partial charge in [-0.1, -0.05) is 12.1 Å². The molecule has 0 saturated heterocycles.